The number of nitrogens with one attached hydrogen (secondary N) is 1. The van der Waals surface area contributed by atoms with Crippen molar-refractivity contribution < 1.29 is 8.42 Å². The summed E-state index contributed by atoms with van der Waals surface area (Å²) in [5.41, 5.74) is 3.67. The lowest BCUT2D eigenvalue weighted by Gasteiger charge is -2.28. The zero-order valence-corrected chi connectivity index (χ0v) is 16.7. The fraction of sp³-hybridized carbons (Fsp3) is 0.318. The van der Waals surface area contributed by atoms with E-state index in [2.05, 4.69) is 38.9 Å². The van der Waals surface area contributed by atoms with Crippen LogP contribution in [0.3, 0.4) is 0 Å². The third-order valence-electron chi connectivity index (χ3n) is 5.28. The molecule has 0 saturated carbocycles. The summed E-state index contributed by atoms with van der Waals surface area (Å²) in [5.74, 6) is 0. The van der Waals surface area contributed by atoms with Crippen molar-refractivity contribution in [1.82, 2.24) is 14.6 Å². The Morgan fingerprint density at radius 2 is 1.79 bits per heavy atom. The van der Waals surface area contributed by atoms with Gasteiger partial charge >= 0.3 is 0 Å². The van der Waals surface area contributed by atoms with E-state index in [1.165, 1.54) is 17.3 Å². The minimum absolute atomic E-state index is 0.221. The molecular formula is C22H25N3O2S. The number of aromatic nitrogens is 1. The van der Waals surface area contributed by atoms with Crippen molar-refractivity contribution in [3.05, 3.63) is 71.9 Å². The molecule has 0 radical (unpaired) electrons. The fourth-order valence-corrected chi connectivity index (χ4v) is 4.75. The van der Waals surface area contributed by atoms with E-state index >= 15 is 0 Å². The van der Waals surface area contributed by atoms with E-state index in [4.69, 9.17) is 0 Å². The van der Waals surface area contributed by atoms with Crippen LogP contribution in [0.1, 0.15) is 24.0 Å². The van der Waals surface area contributed by atoms with Crippen LogP contribution in [0.15, 0.2) is 65.7 Å². The Bertz CT molecular complexity index is 1070. The molecule has 0 saturated heterocycles. The maximum atomic E-state index is 12.5. The third kappa shape index (κ3) is 4.41. The van der Waals surface area contributed by atoms with Crippen molar-refractivity contribution in [2.45, 2.75) is 30.7 Å². The lowest BCUT2D eigenvalue weighted by Crippen LogP contribution is -2.32. The predicted octanol–water partition coefficient (Wildman–Crippen LogP) is 3.35. The molecule has 0 aliphatic carbocycles. The highest BCUT2D eigenvalue weighted by atomic mass is 32.2. The van der Waals surface area contributed by atoms with Gasteiger partial charge in [-0.15, -0.1) is 0 Å². The van der Waals surface area contributed by atoms with Crippen LogP contribution in [0.4, 0.5) is 0 Å². The molecule has 0 unspecified atom stereocenters. The molecule has 1 aliphatic heterocycles. The molecule has 0 fully saturated rings. The lowest BCUT2D eigenvalue weighted by molar-refractivity contribution is 0.249. The van der Waals surface area contributed by atoms with E-state index < -0.39 is 10.0 Å². The molecule has 0 bridgehead atoms. The van der Waals surface area contributed by atoms with Crippen LogP contribution in [0, 0.1) is 0 Å². The molecule has 3 aromatic rings. The molecule has 5 nitrogen and oxygen atoms in total. The Morgan fingerprint density at radius 1 is 1.00 bits per heavy atom. The minimum Gasteiger partial charge on any atom is -0.299 e. The number of hydrogen-bond donors (Lipinski definition) is 1. The fourth-order valence-electron chi connectivity index (χ4n) is 3.69. The maximum Gasteiger partial charge on any atom is 0.242 e. The van der Waals surface area contributed by atoms with Gasteiger partial charge in [0.2, 0.25) is 10.0 Å². The van der Waals surface area contributed by atoms with Crippen molar-refractivity contribution in [3.63, 3.8) is 0 Å². The molecule has 28 heavy (non-hydrogen) atoms. The van der Waals surface area contributed by atoms with Crippen molar-refractivity contribution in [1.29, 1.82) is 0 Å². The highest BCUT2D eigenvalue weighted by Gasteiger charge is 2.16. The highest BCUT2D eigenvalue weighted by molar-refractivity contribution is 7.89. The van der Waals surface area contributed by atoms with E-state index in [-0.39, 0.29) is 4.90 Å². The summed E-state index contributed by atoms with van der Waals surface area (Å²) < 4.78 is 27.7. The Morgan fingerprint density at radius 3 is 2.68 bits per heavy atom. The summed E-state index contributed by atoms with van der Waals surface area (Å²) in [5, 5.41) is 0.829. The maximum absolute atomic E-state index is 12.5. The minimum atomic E-state index is -3.52. The van der Waals surface area contributed by atoms with E-state index in [9.17, 15) is 8.42 Å². The van der Waals surface area contributed by atoms with Gasteiger partial charge in [-0.05, 0) is 49.1 Å². The number of hydrogen-bond acceptors (Lipinski definition) is 4. The summed E-state index contributed by atoms with van der Waals surface area (Å²) in [7, 11) is -3.52. The standard InChI is InChI=1S/C22H25N3O2S/c26-28(27,21-15-19-8-3-4-10-22(19)23-16-21)24-12-5-6-13-25-14-11-18-7-1-2-9-20(18)17-25/h1-4,7-10,15-16,24H,5-6,11-14,17H2. The zero-order chi connectivity index (χ0) is 19.4. The second-order valence-corrected chi connectivity index (χ2v) is 9.03. The van der Waals surface area contributed by atoms with Crippen LogP contribution < -0.4 is 4.72 Å². The van der Waals surface area contributed by atoms with Gasteiger partial charge in [-0.1, -0.05) is 42.5 Å². The van der Waals surface area contributed by atoms with Crippen LogP contribution in [-0.4, -0.2) is 37.9 Å². The van der Waals surface area contributed by atoms with E-state index in [0.717, 1.165) is 49.8 Å². The molecule has 0 spiro atoms. The van der Waals surface area contributed by atoms with Gasteiger partial charge in [0, 0.05) is 31.2 Å². The second kappa shape index (κ2) is 8.39. The number of benzene rings is 2. The van der Waals surface area contributed by atoms with Gasteiger partial charge in [0.05, 0.1) is 5.52 Å². The second-order valence-electron chi connectivity index (χ2n) is 7.26. The van der Waals surface area contributed by atoms with Gasteiger partial charge in [0.15, 0.2) is 0 Å². The Hall–Kier alpha value is -2.28. The molecule has 146 valence electrons. The van der Waals surface area contributed by atoms with E-state index in [0.29, 0.717) is 6.54 Å². The average molecular weight is 396 g/mol. The first-order valence-corrected chi connectivity index (χ1v) is 11.2. The SMILES string of the molecule is O=S(=O)(NCCCCN1CCc2ccccc2C1)c1cnc2ccccc2c1. The normalized spacial score (nSPS) is 14.9. The van der Waals surface area contributed by atoms with Gasteiger partial charge in [0.25, 0.3) is 0 Å². The van der Waals surface area contributed by atoms with Crippen molar-refractivity contribution in [2.75, 3.05) is 19.6 Å². The first kappa shape index (κ1) is 19.1. The predicted molar refractivity (Wildman–Crippen MR) is 112 cm³/mol. The van der Waals surface area contributed by atoms with Crippen molar-refractivity contribution >= 4 is 20.9 Å². The van der Waals surface area contributed by atoms with Gasteiger partial charge in [-0.3, -0.25) is 9.88 Å². The van der Waals surface area contributed by atoms with E-state index in [1.54, 1.807) is 6.07 Å². The summed E-state index contributed by atoms with van der Waals surface area (Å²) in [6, 6.07) is 17.8. The molecule has 0 atom stereocenters. The first-order chi connectivity index (χ1) is 13.6. The molecule has 2 heterocycles. The number of pyridine rings is 1. The number of fused-ring (bicyclic) bond motifs is 2. The van der Waals surface area contributed by atoms with E-state index in [1.807, 2.05) is 24.3 Å². The lowest BCUT2D eigenvalue weighted by atomic mass is 10.00. The largest absolute Gasteiger partial charge is 0.299 e. The molecule has 2 aromatic carbocycles. The van der Waals surface area contributed by atoms with Gasteiger partial charge in [-0.2, -0.15) is 0 Å². The Labute approximate surface area is 166 Å². The summed E-state index contributed by atoms with van der Waals surface area (Å²) in [6.45, 7) is 3.50. The number of sulfonamides is 1. The number of unbranched alkanes of at least 4 members (excludes halogenated alkanes) is 1. The molecule has 6 heteroatoms. The highest BCUT2D eigenvalue weighted by Crippen LogP contribution is 2.19. The summed E-state index contributed by atoms with van der Waals surface area (Å²) in [4.78, 5) is 6.92. The first-order valence-electron chi connectivity index (χ1n) is 9.75. The van der Waals surface area contributed by atoms with Crippen LogP contribution in [0.2, 0.25) is 0 Å². The number of rotatable bonds is 7. The molecule has 1 N–H and O–H groups in total. The number of para-hydroxylation sites is 1. The third-order valence-corrected chi connectivity index (χ3v) is 6.71. The van der Waals surface area contributed by atoms with Crippen molar-refractivity contribution in [3.8, 4) is 0 Å². The van der Waals surface area contributed by atoms with Gasteiger partial charge in [-0.25, -0.2) is 13.1 Å². The average Bonchev–Trinajstić information content (AvgIpc) is 2.73. The van der Waals surface area contributed by atoms with Crippen LogP contribution in [0.25, 0.3) is 10.9 Å². The molecule has 1 aromatic heterocycles. The Balaban J connectivity index is 1.25. The smallest absolute Gasteiger partial charge is 0.242 e. The summed E-state index contributed by atoms with van der Waals surface area (Å²) in [6.07, 6.45) is 4.31. The monoisotopic (exact) mass is 395 g/mol. The Kier molecular flexibility index (Phi) is 5.71. The van der Waals surface area contributed by atoms with Crippen LogP contribution in [0.5, 0.6) is 0 Å². The summed E-state index contributed by atoms with van der Waals surface area (Å²) >= 11 is 0. The molecule has 1 aliphatic rings. The van der Waals surface area contributed by atoms with Crippen molar-refractivity contribution in [2.24, 2.45) is 0 Å². The molecular weight excluding hydrogens is 370 g/mol. The molecule has 0 amide bonds. The quantitative estimate of drug-likeness (QED) is 0.623. The zero-order valence-electron chi connectivity index (χ0n) is 15.8. The van der Waals surface area contributed by atoms with Gasteiger partial charge in [0.1, 0.15) is 4.90 Å². The van der Waals surface area contributed by atoms with Crippen LogP contribution in [-0.2, 0) is 23.0 Å². The van der Waals surface area contributed by atoms with Crippen LogP contribution >= 0.6 is 0 Å². The number of nitrogens with zero attached hydrogens (tertiary/aromatic N) is 2. The van der Waals surface area contributed by atoms with Gasteiger partial charge < -0.3 is 0 Å². The topological polar surface area (TPSA) is 62.3 Å². The molecule has 4 rings (SSSR count).